The molecule has 1 aliphatic heterocycles. The highest BCUT2D eigenvalue weighted by Gasteiger charge is 2.33. The molecule has 6 nitrogen and oxygen atoms in total. The monoisotopic (exact) mass is 632 g/mol. The van der Waals surface area contributed by atoms with Crippen LogP contribution in [0, 0.1) is 3.77 Å². The van der Waals surface area contributed by atoms with Gasteiger partial charge in [-0.15, -0.1) is 0 Å². The number of hydrogen-bond donors (Lipinski definition) is 0. The van der Waals surface area contributed by atoms with Gasteiger partial charge in [-0.2, -0.15) is 0 Å². The van der Waals surface area contributed by atoms with Crippen LogP contribution in [0.4, 0.5) is 0 Å². The van der Waals surface area contributed by atoms with Crippen molar-refractivity contribution in [3.63, 3.8) is 0 Å². The van der Waals surface area contributed by atoms with E-state index in [-0.39, 0.29) is 12.2 Å². The summed E-state index contributed by atoms with van der Waals surface area (Å²) in [6, 6.07) is 8.19. The van der Waals surface area contributed by atoms with Crippen LogP contribution in [0.3, 0.4) is 0 Å². The van der Waals surface area contributed by atoms with Crippen LogP contribution >= 0.6 is 61.5 Å². The van der Waals surface area contributed by atoms with Crippen molar-refractivity contribution >= 4 is 73.5 Å². The molecule has 0 unspecified atom stereocenters. The number of esters is 1. The van der Waals surface area contributed by atoms with Gasteiger partial charge in [-0.3, -0.25) is 9.36 Å². The summed E-state index contributed by atoms with van der Waals surface area (Å²) in [5.41, 5.74) is 1.32. The standard InChI is InChI=1S/C21H15BrClIN2O4S/c1-3-29-20(28)16-10(2)25-21-26(17(16)11-4-6-12(23)7-5-11)19(27)15(31-21)9-13-8-14(22)18(24)30-13/h4-9,17H,3H2,1-2H3/b15-9+/t17-/m0/s1. The van der Waals surface area contributed by atoms with Gasteiger partial charge >= 0.3 is 5.97 Å². The Labute approximate surface area is 208 Å². The van der Waals surface area contributed by atoms with E-state index in [0.717, 1.165) is 10.0 Å². The molecule has 160 valence electrons. The molecule has 1 atom stereocenters. The maximum absolute atomic E-state index is 13.4. The number of aromatic nitrogens is 1. The lowest BCUT2D eigenvalue weighted by Crippen LogP contribution is -2.39. The number of carbonyl (C=O) groups excluding carboxylic acids is 1. The van der Waals surface area contributed by atoms with Crippen LogP contribution in [0.15, 0.2) is 60.3 Å². The predicted molar refractivity (Wildman–Crippen MR) is 131 cm³/mol. The van der Waals surface area contributed by atoms with Crippen molar-refractivity contribution in [1.29, 1.82) is 0 Å². The van der Waals surface area contributed by atoms with Crippen LogP contribution in [0.5, 0.6) is 0 Å². The normalized spacial score (nSPS) is 16.3. The predicted octanol–water partition coefficient (Wildman–Crippen LogP) is 4.41. The van der Waals surface area contributed by atoms with Gasteiger partial charge in [0, 0.05) is 33.7 Å². The molecule has 0 saturated carbocycles. The first kappa shape index (κ1) is 22.5. The van der Waals surface area contributed by atoms with Gasteiger partial charge in [-0.05, 0) is 53.5 Å². The van der Waals surface area contributed by atoms with E-state index in [4.69, 9.17) is 20.8 Å². The van der Waals surface area contributed by atoms with Crippen molar-refractivity contribution in [1.82, 2.24) is 4.57 Å². The SMILES string of the molecule is CCOC(=O)C1=C(C)N=c2s/c(=C/c3cc(Br)c(I)o3)c(=O)n2[C@H]1c1ccc(Cl)cc1. The van der Waals surface area contributed by atoms with E-state index >= 15 is 0 Å². The minimum Gasteiger partial charge on any atom is -0.463 e. The second kappa shape index (κ2) is 9.05. The topological polar surface area (TPSA) is 73.8 Å². The molecule has 4 rings (SSSR count). The van der Waals surface area contributed by atoms with Gasteiger partial charge in [-0.1, -0.05) is 35.1 Å². The van der Waals surface area contributed by atoms with E-state index in [1.54, 1.807) is 50.3 Å². The Balaban J connectivity index is 1.96. The average Bonchev–Trinajstić information content (AvgIpc) is 3.20. The van der Waals surface area contributed by atoms with Gasteiger partial charge in [0.15, 0.2) is 8.57 Å². The summed E-state index contributed by atoms with van der Waals surface area (Å²) in [5, 5.41) is 0.563. The molecule has 0 aliphatic carbocycles. The van der Waals surface area contributed by atoms with Gasteiger partial charge < -0.3 is 9.15 Å². The molecule has 2 aromatic heterocycles. The molecule has 3 aromatic rings. The van der Waals surface area contributed by atoms with Crippen LogP contribution in [0.1, 0.15) is 31.2 Å². The maximum atomic E-state index is 13.4. The molecule has 0 amide bonds. The fourth-order valence-electron chi connectivity index (χ4n) is 3.32. The smallest absolute Gasteiger partial charge is 0.338 e. The number of nitrogens with zero attached hydrogens (tertiary/aromatic N) is 2. The molecule has 1 aliphatic rings. The Morgan fingerprint density at radius 1 is 1.42 bits per heavy atom. The molecule has 1 aromatic carbocycles. The zero-order chi connectivity index (χ0) is 22.3. The molecule has 0 saturated heterocycles. The molecule has 31 heavy (non-hydrogen) atoms. The highest BCUT2D eigenvalue weighted by atomic mass is 127. The van der Waals surface area contributed by atoms with Crippen LogP contribution in [0.2, 0.25) is 5.02 Å². The van der Waals surface area contributed by atoms with E-state index in [0.29, 0.717) is 35.2 Å². The van der Waals surface area contributed by atoms with Gasteiger partial charge in [0.05, 0.1) is 32.9 Å². The fourth-order valence-corrected chi connectivity index (χ4v) is 5.18. The molecule has 0 N–H and O–H groups in total. The van der Waals surface area contributed by atoms with Crippen molar-refractivity contribution in [2.45, 2.75) is 19.9 Å². The molecule has 0 bridgehead atoms. The van der Waals surface area contributed by atoms with E-state index in [2.05, 4.69) is 43.5 Å². The second-order valence-electron chi connectivity index (χ2n) is 6.62. The molecule has 0 spiro atoms. The number of fused-ring (bicyclic) bond motifs is 1. The fraction of sp³-hybridized carbons (Fsp3) is 0.190. The largest absolute Gasteiger partial charge is 0.463 e. The number of benzene rings is 1. The summed E-state index contributed by atoms with van der Waals surface area (Å²) >= 11 is 12.8. The lowest BCUT2D eigenvalue weighted by Gasteiger charge is -2.24. The Morgan fingerprint density at radius 2 is 2.13 bits per heavy atom. The number of carbonyl (C=O) groups is 1. The van der Waals surface area contributed by atoms with E-state index in [9.17, 15) is 9.59 Å². The number of rotatable bonds is 4. The number of halogens is 3. The number of hydrogen-bond acceptors (Lipinski definition) is 6. The van der Waals surface area contributed by atoms with Gasteiger partial charge in [0.1, 0.15) is 5.76 Å². The van der Waals surface area contributed by atoms with Crippen molar-refractivity contribution in [3.8, 4) is 0 Å². The summed E-state index contributed by atoms with van der Waals surface area (Å²) in [5.74, 6) is 0.0495. The van der Waals surface area contributed by atoms with Crippen molar-refractivity contribution in [2.75, 3.05) is 6.61 Å². The zero-order valence-electron chi connectivity index (χ0n) is 16.3. The Morgan fingerprint density at radius 3 is 2.74 bits per heavy atom. The number of furan rings is 1. The Hall–Kier alpha value is -1.69. The van der Waals surface area contributed by atoms with Gasteiger partial charge in [-0.25, -0.2) is 9.79 Å². The van der Waals surface area contributed by atoms with Crippen LogP contribution in [-0.4, -0.2) is 17.1 Å². The van der Waals surface area contributed by atoms with Gasteiger partial charge in [0.25, 0.3) is 5.56 Å². The minimum atomic E-state index is -0.668. The summed E-state index contributed by atoms with van der Waals surface area (Å²) in [7, 11) is 0. The molecule has 3 heterocycles. The molecular weight excluding hydrogens is 619 g/mol. The number of allylic oxidation sites excluding steroid dienone is 1. The van der Waals surface area contributed by atoms with Crippen LogP contribution < -0.4 is 14.9 Å². The zero-order valence-corrected chi connectivity index (χ0v) is 21.6. The third-order valence-electron chi connectivity index (χ3n) is 4.64. The molecule has 10 heteroatoms. The molecule has 0 fully saturated rings. The lowest BCUT2D eigenvalue weighted by atomic mass is 9.96. The molecular formula is C21H15BrClIN2O4S. The number of ether oxygens (including phenoxy) is 1. The maximum Gasteiger partial charge on any atom is 0.338 e. The summed E-state index contributed by atoms with van der Waals surface area (Å²) < 4.78 is 14.4. The van der Waals surface area contributed by atoms with E-state index in [1.807, 2.05) is 0 Å². The van der Waals surface area contributed by atoms with Crippen LogP contribution in [0.25, 0.3) is 6.08 Å². The van der Waals surface area contributed by atoms with Crippen molar-refractivity contribution in [2.24, 2.45) is 4.99 Å². The first-order valence-corrected chi connectivity index (χ1v) is 12.3. The van der Waals surface area contributed by atoms with Gasteiger partial charge in [0.2, 0.25) is 0 Å². The minimum absolute atomic E-state index is 0.222. The lowest BCUT2D eigenvalue weighted by molar-refractivity contribution is -0.139. The van der Waals surface area contributed by atoms with E-state index in [1.165, 1.54) is 15.9 Å². The molecule has 0 radical (unpaired) electrons. The first-order chi connectivity index (χ1) is 14.8. The summed E-state index contributed by atoms with van der Waals surface area (Å²) in [6.07, 6.45) is 1.68. The summed E-state index contributed by atoms with van der Waals surface area (Å²) in [4.78, 5) is 31.3. The second-order valence-corrected chi connectivity index (χ2v) is 9.90. The average molecular weight is 634 g/mol. The Bertz CT molecular complexity index is 1370. The Kier molecular flexibility index (Phi) is 6.57. The van der Waals surface area contributed by atoms with E-state index < -0.39 is 12.0 Å². The van der Waals surface area contributed by atoms with Crippen LogP contribution in [-0.2, 0) is 9.53 Å². The number of thiazole rings is 1. The highest BCUT2D eigenvalue weighted by Crippen LogP contribution is 2.31. The van der Waals surface area contributed by atoms with Crippen molar-refractivity contribution < 1.29 is 13.9 Å². The third-order valence-corrected chi connectivity index (χ3v) is 8.01. The van der Waals surface area contributed by atoms with Crippen molar-refractivity contribution in [3.05, 3.63) is 85.9 Å². The first-order valence-electron chi connectivity index (χ1n) is 9.20. The summed E-state index contributed by atoms with van der Waals surface area (Å²) in [6.45, 7) is 3.71. The third kappa shape index (κ3) is 4.33. The quantitative estimate of drug-likeness (QED) is 0.315. The highest BCUT2D eigenvalue weighted by molar-refractivity contribution is 14.1.